The van der Waals surface area contributed by atoms with Gasteiger partial charge in [-0.05, 0) is 32.4 Å². The summed E-state index contributed by atoms with van der Waals surface area (Å²) in [5, 5.41) is 3.58. The Bertz CT molecular complexity index is 503. The molecule has 19 heavy (non-hydrogen) atoms. The molecule has 1 unspecified atom stereocenters. The molecule has 0 aliphatic carbocycles. The van der Waals surface area contributed by atoms with Crippen molar-refractivity contribution in [2.24, 2.45) is 0 Å². The molecule has 0 spiro atoms. The molecule has 1 atom stereocenters. The van der Waals surface area contributed by atoms with Gasteiger partial charge in [-0.2, -0.15) is 0 Å². The van der Waals surface area contributed by atoms with Crippen LogP contribution >= 0.6 is 0 Å². The van der Waals surface area contributed by atoms with Crippen molar-refractivity contribution in [3.63, 3.8) is 0 Å². The van der Waals surface area contributed by atoms with E-state index in [1.807, 2.05) is 12.4 Å². The highest BCUT2D eigenvalue weighted by molar-refractivity contribution is 5.35. The number of nitrogens with one attached hydrogen (secondary N) is 1. The van der Waals surface area contributed by atoms with E-state index in [4.69, 9.17) is 0 Å². The number of benzene rings is 1. The molecule has 1 aromatic heterocycles. The van der Waals surface area contributed by atoms with Gasteiger partial charge in [0.25, 0.3) is 0 Å². The SMILES string of the molecule is CCCNC(c1cncnc1)c1cc(C)cc(C)c1. The lowest BCUT2D eigenvalue weighted by molar-refractivity contribution is 0.594. The highest BCUT2D eigenvalue weighted by atomic mass is 14.9. The van der Waals surface area contributed by atoms with Crippen LogP contribution in [0.2, 0.25) is 0 Å². The monoisotopic (exact) mass is 255 g/mol. The second-order valence-corrected chi connectivity index (χ2v) is 4.98. The first kappa shape index (κ1) is 13.7. The van der Waals surface area contributed by atoms with E-state index in [1.54, 1.807) is 6.33 Å². The van der Waals surface area contributed by atoms with Crippen LogP contribution in [-0.4, -0.2) is 16.5 Å². The predicted octanol–water partition coefficient (Wildman–Crippen LogP) is 3.18. The number of aromatic nitrogens is 2. The molecular weight excluding hydrogens is 234 g/mol. The summed E-state index contributed by atoms with van der Waals surface area (Å²) in [5.41, 5.74) is 4.96. The Balaban J connectivity index is 2.36. The van der Waals surface area contributed by atoms with Crippen LogP contribution in [0.3, 0.4) is 0 Å². The zero-order valence-corrected chi connectivity index (χ0v) is 11.9. The first-order valence-corrected chi connectivity index (χ1v) is 6.77. The molecule has 0 bridgehead atoms. The third-order valence-corrected chi connectivity index (χ3v) is 3.09. The number of hydrogen-bond acceptors (Lipinski definition) is 3. The Kier molecular flexibility index (Phi) is 4.63. The van der Waals surface area contributed by atoms with Crippen LogP contribution in [0.1, 0.15) is 41.6 Å². The minimum absolute atomic E-state index is 0.166. The normalized spacial score (nSPS) is 12.4. The molecule has 3 heteroatoms. The summed E-state index contributed by atoms with van der Waals surface area (Å²) in [6.45, 7) is 7.42. The lowest BCUT2D eigenvalue weighted by Crippen LogP contribution is -2.23. The molecule has 0 amide bonds. The van der Waals surface area contributed by atoms with Crippen molar-refractivity contribution in [3.8, 4) is 0 Å². The first-order chi connectivity index (χ1) is 9.20. The van der Waals surface area contributed by atoms with Crippen molar-refractivity contribution in [2.45, 2.75) is 33.2 Å². The fourth-order valence-corrected chi connectivity index (χ4v) is 2.35. The molecule has 0 radical (unpaired) electrons. The third-order valence-electron chi connectivity index (χ3n) is 3.09. The molecule has 1 heterocycles. The molecule has 2 rings (SSSR count). The molecule has 0 aliphatic rings. The van der Waals surface area contributed by atoms with Crippen LogP contribution in [0.5, 0.6) is 0 Å². The van der Waals surface area contributed by atoms with Crippen molar-refractivity contribution in [1.82, 2.24) is 15.3 Å². The number of nitrogens with zero attached hydrogens (tertiary/aromatic N) is 2. The Labute approximate surface area is 115 Å². The minimum atomic E-state index is 0.166. The zero-order chi connectivity index (χ0) is 13.7. The maximum absolute atomic E-state index is 4.13. The van der Waals surface area contributed by atoms with Crippen LogP contribution < -0.4 is 5.32 Å². The Hall–Kier alpha value is -1.74. The van der Waals surface area contributed by atoms with Gasteiger partial charge in [0.15, 0.2) is 0 Å². The molecule has 0 saturated heterocycles. The Morgan fingerprint density at radius 1 is 1.00 bits per heavy atom. The van der Waals surface area contributed by atoms with Gasteiger partial charge in [-0.1, -0.05) is 36.2 Å². The van der Waals surface area contributed by atoms with Crippen molar-refractivity contribution < 1.29 is 0 Å². The quantitative estimate of drug-likeness (QED) is 0.891. The lowest BCUT2D eigenvalue weighted by atomic mass is 9.97. The van der Waals surface area contributed by atoms with Crippen LogP contribution in [0.15, 0.2) is 36.9 Å². The lowest BCUT2D eigenvalue weighted by Gasteiger charge is -2.20. The van der Waals surface area contributed by atoms with Gasteiger partial charge in [0.05, 0.1) is 6.04 Å². The van der Waals surface area contributed by atoms with E-state index in [2.05, 4.69) is 54.3 Å². The average molecular weight is 255 g/mol. The van der Waals surface area contributed by atoms with Gasteiger partial charge in [0, 0.05) is 18.0 Å². The van der Waals surface area contributed by atoms with Crippen LogP contribution in [0.25, 0.3) is 0 Å². The van der Waals surface area contributed by atoms with Gasteiger partial charge in [0.2, 0.25) is 0 Å². The summed E-state index contributed by atoms with van der Waals surface area (Å²) in [6.07, 6.45) is 6.45. The molecule has 1 aromatic carbocycles. The largest absolute Gasteiger partial charge is 0.306 e. The van der Waals surface area contributed by atoms with Crippen LogP contribution in [0.4, 0.5) is 0 Å². The molecule has 100 valence electrons. The minimum Gasteiger partial charge on any atom is -0.306 e. The molecule has 0 aliphatic heterocycles. The van der Waals surface area contributed by atoms with Crippen LogP contribution in [-0.2, 0) is 0 Å². The second kappa shape index (κ2) is 6.43. The second-order valence-electron chi connectivity index (χ2n) is 4.98. The summed E-state index contributed by atoms with van der Waals surface area (Å²) in [4.78, 5) is 8.27. The van der Waals surface area contributed by atoms with E-state index in [0.717, 1.165) is 18.5 Å². The zero-order valence-electron chi connectivity index (χ0n) is 11.9. The van der Waals surface area contributed by atoms with Gasteiger partial charge in [-0.25, -0.2) is 9.97 Å². The van der Waals surface area contributed by atoms with Crippen molar-refractivity contribution in [2.75, 3.05) is 6.54 Å². The topological polar surface area (TPSA) is 37.8 Å². The van der Waals surface area contributed by atoms with Crippen molar-refractivity contribution in [3.05, 3.63) is 59.2 Å². The smallest absolute Gasteiger partial charge is 0.115 e. The summed E-state index contributed by atoms with van der Waals surface area (Å²) in [6, 6.07) is 6.82. The fraction of sp³-hybridized carbons (Fsp3) is 0.375. The van der Waals surface area contributed by atoms with Crippen molar-refractivity contribution in [1.29, 1.82) is 0 Å². The summed E-state index contributed by atoms with van der Waals surface area (Å²) in [5.74, 6) is 0. The predicted molar refractivity (Wildman–Crippen MR) is 78.1 cm³/mol. The fourth-order valence-electron chi connectivity index (χ4n) is 2.35. The highest BCUT2D eigenvalue weighted by Crippen LogP contribution is 2.23. The molecule has 0 fully saturated rings. The summed E-state index contributed by atoms with van der Waals surface area (Å²) < 4.78 is 0. The average Bonchev–Trinajstić information content (AvgIpc) is 2.39. The van der Waals surface area contributed by atoms with Gasteiger partial charge in [0.1, 0.15) is 6.33 Å². The standard InChI is InChI=1S/C16H21N3/c1-4-5-19-16(15-9-17-11-18-10-15)14-7-12(2)6-13(3)8-14/h6-11,16,19H,4-5H2,1-3H3. The first-order valence-electron chi connectivity index (χ1n) is 6.77. The maximum Gasteiger partial charge on any atom is 0.115 e. The van der Waals surface area contributed by atoms with Crippen LogP contribution in [0, 0.1) is 13.8 Å². The summed E-state index contributed by atoms with van der Waals surface area (Å²) >= 11 is 0. The van der Waals surface area contributed by atoms with E-state index in [-0.39, 0.29) is 6.04 Å². The molecular formula is C16H21N3. The van der Waals surface area contributed by atoms with E-state index >= 15 is 0 Å². The van der Waals surface area contributed by atoms with E-state index in [1.165, 1.54) is 16.7 Å². The Morgan fingerprint density at radius 3 is 2.21 bits per heavy atom. The number of hydrogen-bond donors (Lipinski definition) is 1. The van der Waals surface area contributed by atoms with E-state index < -0.39 is 0 Å². The summed E-state index contributed by atoms with van der Waals surface area (Å²) in [7, 11) is 0. The van der Waals surface area contributed by atoms with E-state index in [9.17, 15) is 0 Å². The van der Waals surface area contributed by atoms with Gasteiger partial charge in [-0.15, -0.1) is 0 Å². The Morgan fingerprint density at radius 2 is 1.63 bits per heavy atom. The molecule has 0 saturated carbocycles. The highest BCUT2D eigenvalue weighted by Gasteiger charge is 2.14. The van der Waals surface area contributed by atoms with Gasteiger partial charge >= 0.3 is 0 Å². The van der Waals surface area contributed by atoms with Gasteiger partial charge in [-0.3, -0.25) is 0 Å². The third kappa shape index (κ3) is 3.61. The molecule has 1 N–H and O–H groups in total. The number of rotatable bonds is 5. The van der Waals surface area contributed by atoms with Gasteiger partial charge < -0.3 is 5.32 Å². The number of aryl methyl sites for hydroxylation is 2. The van der Waals surface area contributed by atoms with E-state index in [0.29, 0.717) is 0 Å². The van der Waals surface area contributed by atoms with Crippen molar-refractivity contribution >= 4 is 0 Å². The maximum atomic E-state index is 4.13. The molecule has 3 nitrogen and oxygen atoms in total. The molecule has 2 aromatic rings.